The fraction of sp³-hybridized carbons (Fsp3) is 0.200. The Bertz CT molecular complexity index is 1090. The van der Waals surface area contributed by atoms with Crippen LogP contribution < -0.4 is 21.5 Å². The topological polar surface area (TPSA) is 105 Å². The molecule has 0 aliphatic heterocycles. The van der Waals surface area contributed by atoms with Gasteiger partial charge in [0.05, 0.1) is 11.4 Å². The molecule has 3 aromatic rings. The van der Waals surface area contributed by atoms with Crippen LogP contribution in [0.1, 0.15) is 30.4 Å². The molecule has 0 saturated heterocycles. The Hall–Kier alpha value is -3.68. The van der Waals surface area contributed by atoms with Crippen LogP contribution in [-0.4, -0.2) is 28.8 Å². The van der Waals surface area contributed by atoms with Crippen LogP contribution in [0.5, 0.6) is 0 Å². The van der Waals surface area contributed by atoms with Crippen molar-refractivity contribution in [1.82, 2.24) is 15.1 Å². The normalized spacial score (nSPS) is 10.7. The van der Waals surface area contributed by atoms with Crippen molar-refractivity contribution in [2.45, 2.75) is 19.9 Å². The molecule has 0 bridgehead atoms. The summed E-state index contributed by atoms with van der Waals surface area (Å²) >= 11 is 0. The van der Waals surface area contributed by atoms with Crippen LogP contribution in [-0.2, 0) is 0 Å². The van der Waals surface area contributed by atoms with Gasteiger partial charge in [0, 0.05) is 23.8 Å². The summed E-state index contributed by atoms with van der Waals surface area (Å²) in [6.45, 7) is 3.67. The molecule has 3 N–H and O–H groups in total. The number of anilines is 2. The van der Waals surface area contributed by atoms with Crippen molar-refractivity contribution in [3.63, 3.8) is 0 Å². The van der Waals surface area contributed by atoms with Crippen molar-refractivity contribution in [1.29, 1.82) is 0 Å². The lowest BCUT2D eigenvalue weighted by molar-refractivity contribution is 0.102. The highest BCUT2D eigenvalue weighted by molar-refractivity contribution is 6.11. The molecule has 0 saturated carbocycles. The van der Waals surface area contributed by atoms with Crippen molar-refractivity contribution in [3.05, 3.63) is 64.6 Å². The largest absolute Gasteiger partial charge is 0.341 e. The monoisotopic (exact) mass is 379 g/mol. The van der Waals surface area contributed by atoms with E-state index in [1.807, 2.05) is 13.8 Å². The highest BCUT2D eigenvalue weighted by Crippen LogP contribution is 2.18. The molecule has 2 aromatic carbocycles. The van der Waals surface area contributed by atoms with E-state index in [4.69, 9.17) is 0 Å². The van der Waals surface area contributed by atoms with Crippen LogP contribution in [0.3, 0.4) is 0 Å². The van der Waals surface area contributed by atoms with Crippen molar-refractivity contribution in [3.8, 4) is 0 Å². The molecule has 0 aliphatic rings. The molecule has 28 heavy (non-hydrogen) atoms. The summed E-state index contributed by atoms with van der Waals surface area (Å²) in [5.74, 6) is -0.419. The summed E-state index contributed by atoms with van der Waals surface area (Å²) in [7, 11) is 1.53. The lowest BCUT2D eigenvalue weighted by atomic mass is 10.1. The number of rotatable bonds is 4. The zero-order valence-corrected chi connectivity index (χ0v) is 15.8. The van der Waals surface area contributed by atoms with Gasteiger partial charge in [-0.1, -0.05) is 18.2 Å². The summed E-state index contributed by atoms with van der Waals surface area (Å²) in [4.78, 5) is 36.8. The van der Waals surface area contributed by atoms with E-state index < -0.39 is 5.91 Å². The highest BCUT2D eigenvalue weighted by Gasteiger charge is 2.18. The van der Waals surface area contributed by atoms with Crippen LogP contribution in [0.15, 0.2) is 53.3 Å². The highest BCUT2D eigenvalue weighted by atomic mass is 16.2. The number of carbonyl (C=O) groups excluding carboxylic acids is 2. The van der Waals surface area contributed by atoms with Crippen LogP contribution in [0.2, 0.25) is 0 Å². The number of hydrogen-bond acceptors (Lipinski definition) is 4. The van der Waals surface area contributed by atoms with Gasteiger partial charge in [-0.25, -0.2) is 9.48 Å². The maximum Gasteiger partial charge on any atom is 0.318 e. The Morgan fingerprint density at radius 3 is 2.07 bits per heavy atom. The maximum absolute atomic E-state index is 12.9. The molecule has 0 unspecified atom stereocenters. The second-order valence-corrected chi connectivity index (χ2v) is 6.47. The molecular formula is C20H21N5O3. The van der Waals surface area contributed by atoms with Crippen LogP contribution >= 0.6 is 0 Å². The van der Waals surface area contributed by atoms with Gasteiger partial charge in [0.15, 0.2) is 5.69 Å². The van der Waals surface area contributed by atoms with Crippen LogP contribution in [0.25, 0.3) is 10.8 Å². The van der Waals surface area contributed by atoms with E-state index in [0.29, 0.717) is 22.1 Å². The molecule has 144 valence electrons. The first kappa shape index (κ1) is 19.1. The molecule has 3 amide bonds. The minimum Gasteiger partial charge on any atom is -0.341 e. The number of nitrogens with zero attached hydrogens (tertiary/aromatic N) is 2. The quantitative estimate of drug-likeness (QED) is 0.648. The zero-order valence-electron chi connectivity index (χ0n) is 15.8. The van der Waals surface area contributed by atoms with Gasteiger partial charge in [0.25, 0.3) is 11.5 Å². The Balaban J connectivity index is 1.92. The third kappa shape index (κ3) is 3.85. The molecule has 0 aliphatic carbocycles. The first-order valence-corrected chi connectivity index (χ1v) is 8.82. The van der Waals surface area contributed by atoms with Crippen molar-refractivity contribution < 1.29 is 9.59 Å². The second kappa shape index (κ2) is 7.91. The standard InChI is InChI=1S/C20H21N5O3/c1-12(2)25-19(27)16-7-5-4-6-15(16)17(24-25)18(26)22-13-8-10-14(11-9-13)23-20(28)21-3/h4-12H,1-3H3,(H,22,26)(H2,21,23,28). The predicted octanol–water partition coefficient (Wildman–Crippen LogP) is 2.98. The molecule has 8 heteroatoms. The van der Waals surface area contributed by atoms with Gasteiger partial charge in [-0.05, 0) is 44.2 Å². The molecule has 0 spiro atoms. The summed E-state index contributed by atoms with van der Waals surface area (Å²) in [6, 6.07) is 13.1. The molecule has 1 aromatic heterocycles. The van der Waals surface area contributed by atoms with Gasteiger partial charge in [0.2, 0.25) is 0 Å². The van der Waals surface area contributed by atoms with Crippen LogP contribution in [0.4, 0.5) is 16.2 Å². The number of fused-ring (bicyclic) bond motifs is 1. The van der Waals surface area contributed by atoms with E-state index in [0.717, 1.165) is 0 Å². The molecule has 0 radical (unpaired) electrons. The van der Waals surface area contributed by atoms with Gasteiger partial charge in [0.1, 0.15) is 0 Å². The van der Waals surface area contributed by atoms with Gasteiger partial charge in [-0.2, -0.15) is 5.10 Å². The van der Waals surface area contributed by atoms with Gasteiger partial charge in [-0.3, -0.25) is 9.59 Å². The summed E-state index contributed by atoms with van der Waals surface area (Å²) < 4.78 is 1.31. The van der Waals surface area contributed by atoms with Gasteiger partial charge in [-0.15, -0.1) is 0 Å². The molecule has 0 fully saturated rings. The smallest absolute Gasteiger partial charge is 0.318 e. The van der Waals surface area contributed by atoms with E-state index in [-0.39, 0.29) is 23.3 Å². The van der Waals surface area contributed by atoms with Crippen LogP contribution in [0, 0.1) is 0 Å². The number of carbonyl (C=O) groups is 2. The number of aromatic nitrogens is 2. The first-order valence-electron chi connectivity index (χ1n) is 8.82. The van der Waals surface area contributed by atoms with E-state index in [1.54, 1.807) is 48.5 Å². The Kier molecular flexibility index (Phi) is 5.39. The van der Waals surface area contributed by atoms with Crippen molar-refractivity contribution >= 4 is 34.1 Å². The lowest BCUT2D eigenvalue weighted by Gasteiger charge is -2.13. The van der Waals surface area contributed by atoms with E-state index in [2.05, 4.69) is 21.0 Å². The maximum atomic E-state index is 12.9. The summed E-state index contributed by atoms with van der Waals surface area (Å²) in [6.07, 6.45) is 0. The third-order valence-corrected chi connectivity index (χ3v) is 4.16. The van der Waals surface area contributed by atoms with Crippen molar-refractivity contribution in [2.75, 3.05) is 17.7 Å². The predicted molar refractivity (Wildman–Crippen MR) is 109 cm³/mol. The van der Waals surface area contributed by atoms with Crippen molar-refractivity contribution in [2.24, 2.45) is 0 Å². The lowest BCUT2D eigenvalue weighted by Crippen LogP contribution is -2.28. The minimum atomic E-state index is -0.419. The molecular weight excluding hydrogens is 358 g/mol. The fourth-order valence-electron chi connectivity index (χ4n) is 2.75. The van der Waals surface area contributed by atoms with Gasteiger partial charge < -0.3 is 16.0 Å². The average molecular weight is 379 g/mol. The fourth-order valence-corrected chi connectivity index (χ4v) is 2.75. The minimum absolute atomic E-state index is 0.177. The summed E-state index contributed by atoms with van der Waals surface area (Å²) in [5, 5.41) is 13.1. The second-order valence-electron chi connectivity index (χ2n) is 6.47. The van der Waals surface area contributed by atoms with Gasteiger partial charge >= 0.3 is 6.03 Å². The Morgan fingerprint density at radius 1 is 0.929 bits per heavy atom. The molecule has 3 rings (SSSR count). The summed E-state index contributed by atoms with van der Waals surface area (Å²) in [5.41, 5.74) is 1.08. The number of nitrogens with one attached hydrogen (secondary N) is 3. The van der Waals surface area contributed by atoms with E-state index in [9.17, 15) is 14.4 Å². The zero-order chi connectivity index (χ0) is 20.3. The molecule has 8 nitrogen and oxygen atoms in total. The number of urea groups is 1. The number of hydrogen-bond donors (Lipinski definition) is 3. The average Bonchev–Trinajstić information content (AvgIpc) is 2.69. The Morgan fingerprint density at radius 2 is 1.50 bits per heavy atom. The number of amides is 3. The molecule has 1 heterocycles. The third-order valence-electron chi connectivity index (χ3n) is 4.16. The van der Waals surface area contributed by atoms with E-state index in [1.165, 1.54) is 11.7 Å². The first-order chi connectivity index (χ1) is 13.4. The van der Waals surface area contributed by atoms with E-state index >= 15 is 0 Å². The Labute approximate surface area is 161 Å². The SMILES string of the molecule is CNC(=O)Nc1ccc(NC(=O)c2nn(C(C)C)c(=O)c3ccccc23)cc1. The number of benzene rings is 2. The molecule has 0 atom stereocenters.